The largest absolute Gasteiger partial charge is 0.313 e. The second-order valence-corrected chi connectivity index (χ2v) is 34.6. The standard InChI is InChI=1S/C64H36.C34H22N8.C24H16N2.BH3P.Cu/c1-5-17-37(18-6-1)53-41-25-13-14-26-42(41)54(38-19-7-2-8-20-38)62-50-34-30-46-48-32-36-52-60-51(35-31-47(58(48)60)45-29-33-49(61(53)62)59(50)57(45)46)63-55(39-21-9-3-10-22-39)43-27-15-16-28-44(43)56(64(52)63)40-23-11-4-12-24-40;1-41-31-23-15-7-8-16-24(23)32(41)38-28-20-12-4-6-14-22(20)30(36-28)40-34-26-18-10-9-17-25(26)33(42(34)2)39-29-21-13-5-3-11-19(21)27(35-29)37-31;1-3-7-17(8-4-1)19-13-15-25-23-21(19)11-12-22-20(14-16-26-24(22)23)18-9-5-2-6-10-18;1-2;/h1-36H;3-18H,1-2H3;1-16H;1H,2H2;/i;;;1D;. The molecule has 7 heterocycles. The van der Waals surface area contributed by atoms with E-state index in [9.17, 15) is 0 Å². The van der Waals surface area contributed by atoms with Crippen molar-refractivity contribution in [3.05, 3.63) is 413 Å². The summed E-state index contributed by atoms with van der Waals surface area (Å²) in [6.45, 7) is 0. The predicted octanol–water partition coefficient (Wildman–Crippen LogP) is 30.7. The summed E-state index contributed by atoms with van der Waals surface area (Å²) in [5.41, 5.74) is 34.4. The number of hydrogen-bond acceptors (Lipinski definition) is 8. The number of pyridine rings is 2. The van der Waals surface area contributed by atoms with Gasteiger partial charge in [-0.05, 0) is 189 Å². The molecule has 2 aliphatic carbocycles. The first-order chi connectivity index (χ1) is 66.8. The molecule has 25 aromatic rings. The summed E-state index contributed by atoms with van der Waals surface area (Å²) in [7, 11) is 7.27. The number of benzene rings is 20. The number of rotatable bonds is 6. The fourth-order valence-corrected chi connectivity index (χ4v) is 22.0. The molecule has 0 saturated carbocycles. The number of hydrogen-bond donors (Lipinski definition) is 0. The summed E-state index contributed by atoms with van der Waals surface area (Å²) in [6.07, 6.45) is 3.75. The van der Waals surface area contributed by atoms with E-state index in [1.54, 1.807) is 0 Å². The van der Waals surface area contributed by atoms with E-state index in [1.807, 2.05) is 96.3 Å². The minimum atomic E-state index is 0. The summed E-state index contributed by atoms with van der Waals surface area (Å²) in [5.74, 6) is 2.49. The molecule has 0 fully saturated rings. The topological polar surface area (TPSA) is 113 Å². The van der Waals surface area contributed by atoms with Crippen LogP contribution >= 0.6 is 9.12 Å². The molecule has 0 N–H and O–H groups in total. The molecule has 0 spiro atoms. The normalized spacial score (nSPS) is 11.9. The van der Waals surface area contributed by atoms with Crippen LogP contribution in [0.25, 0.3) is 287 Å². The zero-order valence-corrected chi connectivity index (χ0v) is 75.3. The fraction of sp³-hybridized carbons (Fsp3) is 0.0164. The van der Waals surface area contributed by atoms with Crippen LogP contribution in [0.15, 0.2) is 413 Å². The predicted molar refractivity (Wildman–Crippen MR) is 563 cm³/mol. The van der Waals surface area contributed by atoms with Gasteiger partial charge in [-0.1, -0.05) is 388 Å². The molecule has 20 aromatic carbocycles. The summed E-state index contributed by atoms with van der Waals surface area (Å²) in [5, 5.41) is 22.1. The second-order valence-electron chi connectivity index (χ2n) is 34.6. The van der Waals surface area contributed by atoms with Gasteiger partial charge in [0.05, 0.1) is 11.0 Å². The van der Waals surface area contributed by atoms with Crippen LogP contribution in [0.3, 0.4) is 0 Å². The minimum absolute atomic E-state index is 0. The maximum Gasteiger partial charge on any atom is 0.164 e. The van der Waals surface area contributed by atoms with Gasteiger partial charge in [-0.15, -0.1) is 0 Å². The molecule has 1 unspecified atom stereocenters. The van der Waals surface area contributed by atoms with Crippen molar-refractivity contribution >= 4 is 147 Å². The van der Waals surface area contributed by atoms with Gasteiger partial charge in [-0.2, -0.15) is 9.12 Å². The monoisotopic (exact) mass is 1790 g/mol. The van der Waals surface area contributed by atoms with Gasteiger partial charge in [0.1, 0.15) is 30.1 Å². The molecule has 2 radical (unpaired) electrons. The first kappa shape index (κ1) is 79.4. The smallest absolute Gasteiger partial charge is 0.164 e. The molecule has 8 bridgehead atoms. The van der Waals surface area contributed by atoms with Crippen molar-refractivity contribution in [3.63, 3.8) is 0 Å². The molecule has 5 aromatic heterocycles. The number of aromatic nitrogens is 10. The van der Waals surface area contributed by atoms with E-state index >= 15 is 0 Å². The summed E-state index contributed by atoms with van der Waals surface area (Å²) in [6, 6.07) is 144. The molecule has 135 heavy (non-hydrogen) atoms. The van der Waals surface area contributed by atoms with Crippen LogP contribution in [0.2, 0.25) is 0 Å². The van der Waals surface area contributed by atoms with Gasteiger partial charge >= 0.3 is 0 Å². The van der Waals surface area contributed by atoms with E-state index in [1.165, 1.54) is 183 Å². The van der Waals surface area contributed by atoms with E-state index in [0.717, 1.165) is 88.2 Å². The van der Waals surface area contributed by atoms with Crippen molar-refractivity contribution < 1.29 is 17.1 Å². The number of nitrogens with zero attached hydrogens (tertiary/aromatic N) is 10. The Bertz CT molecular complexity index is 8490. The van der Waals surface area contributed by atoms with Crippen molar-refractivity contribution in [3.8, 4) is 157 Å². The average Bonchev–Trinajstić information content (AvgIpc) is 1.50. The van der Waals surface area contributed by atoms with Crippen LogP contribution in [-0.2, 0) is 31.2 Å². The maximum atomic E-state index is 6.05. The van der Waals surface area contributed by atoms with E-state index in [0.29, 0.717) is 23.3 Å². The zero-order chi connectivity index (χ0) is 89.6. The number of fused-ring (bicyclic) bond motifs is 33. The fourth-order valence-electron chi connectivity index (χ4n) is 22.0. The summed E-state index contributed by atoms with van der Waals surface area (Å²) >= 11 is 0. The molecular weight excluding hydrogens is 1710 g/mol. The zero-order valence-electron chi connectivity index (χ0n) is 74.2. The molecule has 1 atom stereocenters. The Balaban J connectivity index is 0.000000117. The molecule has 10 nitrogen and oxygen atoms in total. The molecule has 13 heteroatoms. The van der Waals surface area contributed by atoms with E-state index < -0.39 is 0 Å². The third kappa shape index (κ3) is 12.5. The Labute approximate surface area is 792 Å². The van der Waals surface area contributed by atoms with Crippen molar-refractivity contribution in [1.29, 1.82) is 1.34 Å². The molecule has 4 aliphatic rings. The van der Waals surface area contributed by atoms with E-state index in [2.05, 4.69) is 359 Å². The Morgan fingerprint density at radius 3 is 0.667 bits per heavy atom. The van der Waals surface area contributed by atoms with E-state index in [4.69, 9.17) is 31.2 Å². The van der Waals surface area contributed by atoms with Crippen LogP contribution in [0, 0.1) is 0 Å². The molecule has 2 aliphatic heterocycles. The maximum absolute atomic E-state index is 6.05. The SMILES string of the molecule is Cn1c2nc3nc(nc4c5ccccc5c(nc5nc(nc1c1ccccc12)-c1ccccc1-5)n4C)-c1ccccc1-3.[2H][B]P.[Cu].c1ccc(-c2c3c(c(-c4ccccc4)c4ccccc24)-c2ccc4c5ccc6c7c(ccc(c8ccc-3c2c84)c75)-c2c-6c(-c3ccccc3)c3ccccc3c2-c2ccccc2)cc1.c1ccc(-c2ccnc3c2ccc2c(-c4ccccc4)ccnc23)cc1. The molecule has 0 saturated heterocycles. The van der Waals surface area contributed by atoms with Crippen molar-refractivity contribution in [2.75, 3.05) is 0 Å². The van der Waals surface area contributed by atoms with Crippen molar-refractivity contribution in [2.24, 2.45) is 14.1 Å². The van der Waals surface area contributed by atoms with Crippen LogP contribution in [0.5, 0.6) is 0 Å². The third-order valence-electron chi connectivity index (χ3n) is 27.6. The van der Waals surface area contributed by atoms with Crippen LogP contribution in [0.1, 0.15) is 0 Å². The van der Waals surface area contributed by atoms with Gasteiger partial charge < -0.3 is 9.13 Å². The quantitative estimate of drug-likeness (QED) is 0.0700. The average molecular weight is 1790 g/mol. The Morgan fingerprint density at radius 1 is 0.200 bits per heavy atom. The summed E-state index contributed by atoms with van der Waals surface area (Å²) < 4.78 is 10.1. The van der Waals surface area contributed by atoms with Gasteiger partial charge in [-0.3, -0.25) is 9.97 Å². The van der Waals surface area contributed by atoms with Crippen LogP contribution in [0.4, 0.5) is 0 Å². The second kappa shape index (κ2) is 32.5. The number of aryl methyl sites for hydroxylation is 2. The van der Waals surface area contributed by atoms with Crippen LogP contribution in [-0.4, -0.2) is 57.9 Å². The minimum Gasteiger partial charge on any atom is -0.313 e. The molecule has 634 valence electrons. The molecule has 29 rings (SSSR count). The van der Waals surface area contributed by atoms with Gasteiger partial charge in [0.25, 0.3) is 0 Å². The van der Waals surface area contributed by atoms with Gasteiger partial charge in [-0.25, -0.2) is 29.9 Å². The Kier molecular flexibility index (Phi) is 19.1. The van der Waals surface area contributed by atoms with Gasteiger partial charge in [0, 0.05) is 98.1 Å². The van der Waals surface area contributed by atoms with Crippen molar-refractivity contribution in [1.82, 2.24) is 49.0 Å². The summed E-state index contributed by atoms with van der Waals surface area (Å²) in [4.78, 5) is 40.0. The first-order valence-electron chi connectivity index (χ1n) is 45.8. The van der Waals surface area contributed by atoms with Gasteiger partial charge in [0.2, 0.25) is 0 Å². The van der Waals surface area contributed by atoms with Gasteiger partial charge in [0.15, 0.2) is 23.3 Å². The molecular formula is C122H77BCuN10P. The molecule has 0 amide bonds. The van der Waals surface area contributed by atoms with Crippen molar-refractivity contribution in [2.45, 2.75) is 0 Å². The first-order valence-corrected chi connectivity index (χ1v) is 45.9. The Morgan fingerprint density at radius 2 is 0.415 bits per heavy atom. The van der Waals surface area contributed by atoms with Crippen LogP contribution < -0.4 is 0 Å². The Hall–Kier alpha value is -16.6. The van der Waals surface area contributed by atoms with E-state index in [-0.39, 0.29) is 17.1 Å². The third-order valence-corrected chi connectivity index (χ3v) is 27.6.